The molecule has 0 aliphatic carbocycles. The van der Waals surface area contributed by atoms with E-state index in [0.717, 1.165) is 38.7 Å². The van der Waals surface area contributed by atoms with Gasteiger partial charge in [0.1, 0.15) is 5.76 Å². The minimum absolute atomic E-state index is 0.0256. The lowest BCUT2D eigenvalue weighted by molar-refractivity contribution is -0.0558. The number of halogens is 2. The molecule has 4 unspecified atom stereocenters. The molecule has 1 aliphatic rings. The Morgan fingerprint density at radius 3 is 2.33 bits per heavy atom. The fourth-order valence-electron chi connectivity index (χ4n) is 3.46. The van der Waals surface area contributed by atoms with Crippen molar-refractivity contribution in [3.63, 3.8) is 0 Å². The van der Waals surface area contributed by atoms with Crippen LogP contribution in [0.4, 0.5) is 8.78 Å². The summed E-state index contributed by atoms with van der Waals surface area (Å²) in [6, 6.07) is 0. The lowest BCUT2D eigenvalue weighted by atomic mass is 9.91. The van der Waals surface area contributed by atoms with Crippen molar-refractivity contribution < 1.29 is 23.0 Å². The molecule has 0 radical (unpaired) electrons. The molecular weight excluding hydrogens is 350 g/mol. The lowest BCUT2D eigenvalue weighted by Crippen LogP contribution is -2.29. The van der Waals surface area contributed by atoms with Gasteiger partial charge in [-0.25, -0.2) is 8.78 Å². The van der Waals surface area contributed by atoms with Crippen molar-refractivity contribution in [3.8, 4) is 0 Å². The molecule has 0 aromatic rings. The minimum Gasteiger partial charge on any atom is -0.498 e. The first-order valence-corrected chi connectivity index (χ1v) is 10.4. The van der Waals surface area contributed by atoms with Gasteiger partial charge >= 0.3 is 0 Å². The highest BCUT2D eigenvalue weighted by atomic mass is 19.2. The molecule has 1 fully saturated rings. The molecule has 27 heavy (non-hydrogen) atoms. The topological polar surface area (TPSA) is 27.7 Å². The molecule has 0 amide bonds. The van der Waals surface area contributed by atoms with Crippen LogP contribution in [0.2, 0.25) is 0 Å². The van der Waals surface area contributed by atoms with Crippen LogP contribution in [-0.4, -0.2) is 32.5 Å². The van der Waals surface area contributed by atoms with E-state index in [2.05, 4.69) is 6.92 Å². The van der Waals surface area contributed by atoms with E-state index in [1.807, 2.05) is 20.8 Å². The molecule has 1 saturated heterocycles. The quantitative estimate of drug-likeness (QED) is 0.299. The van der Waals surface area contributed by atoms with Gasteiger partial charge in [-0.2, -0.15) is 0 Å². The van der Waals surface area contributed by atoms with Gasteiger partial charge in [-0.1, -0.05) is 20.8 Å². The van der Waals surface area contributed by atoms with Crippen molar-refractivity contribution in [2.45, 2.75) is 85.4 Å². The third kappa shape index (κ3) is 7.90. The lowest BCUT2D eigenvalue weighted by Gasteiger charge is -2.29. The summed E-state index contributed by atoms with van der Waals surface area (Å²) >= 11 is 0. The van der Waals surface area contributed by atoms with Crippen LogP contribution in [0.1, 0.15) is 73.1 Å². The largest absolute Gasteiger partial charge is 0.498 e. The van der Waals surface area contributed by atoms with Crippen LogP contribution in [-0.2, 0) is 14.2 Å². The monoisotopic (exact) mass is 388 g/mol. The van der Waals surface area contributed by atoms with Gasteiger partial charge in [0, 0.05) is 5.92 Å². The van der Waals surface area contributed by atoms with Crippen molar-refractivity contribution in [1.82, 2.24) is 0 Å². The molecule has 1 aliphatic heterocycles. The second-order valence-electron chi connectivity index (χ2n) is 7.70. The van der Waals surface area contributed by atoms with Gasteiger partial charge < -0.3 is 14.2 Å². The average Bonchev–Trinajstić information content (AvgIpc) is 2.70. The summed E-state index contributed by atoms with van der Waals surface area (Å²) in [5.41, 5.74) is 0.502. The number of allylic oxidation sites excluding steroid dienone is 4. The smallest absolute Gasteiger partial charge is 0.195 e. The van der Waals surface area contributed by atoms with Gasteiger partial charge in [0.15, 0.2) is 11.7 Å². The summed E-state index contributed by atoms with van der Waals surface area (Å²) in [5, 5.41) is 0. The molecule has 0 spiro atoms. The van der Waals surface area contributed by atoms with E-state index in [0.29, 0.717) is 30.6 Å². The Labute approximate surface area is 164 Å². The van der Waals surface area contributed by atoms with E-state index in [9.17, 15) is 8.78 Å². The third-order valence-corrected chi connectivity index (χ3v) is 5.61. The summed E-state index contributed by atoms with van der Waals surface area (Å²) in [6.07, 6.45) is 5.90. The SMILES string of the molecule is CC/C(=C(F)\C(F)=C(/C)OC)C(C)CCC(C)OCC1CCC(CC)OC1. The molecule has 0 aromatic heterocycles. The van der Waals surface area contributed by atoms with Crippen molar-refractivity contribution >= 4 is 0 Å². The molecule has 1 rings (SSSR count). The normalized spacial score (nSPS) is 24.7. The van der Waals surface area contributed by atoms with Crippen molar-refractivity contribution in [2.75, 3.05) is 20.3 Å². The van der Waals surface area contributed by atoms with E-state index in [4.69, 9.17) is 14.2 Å². The Hall–Kier alpha value is -0.940. The maximum Gasteiger partial charge on any atom is 0.195 e. The van der Waals surface area contributed by atoms with Gasteiger partial charge in [-0.3, -0.25) is 0 Å². The molecule has 3 nitrogen and oxygen atoms in total. The molecule has 4 atom stereocenters. The Morgan fingerprint density at radius 2 is 1.81 bits per heavy atom. The molecule has 158 valence electrons. The van der Waals surface area contributed by atoms with Gasteiger partial charge in [0.25, 0.3) is 0 Å². The number of rotatable bonds is 11. The van der Waals surface area contributed by atoms with Crippen molar-refractivity contribution in [2.24, 2.45) is 11.8 Å². The number of hydrogen-bond acceptors (Lipinski definition) is 3. The summed E-state index contributed by atoms with van der Waals surface area (Å²) < 4.78 is 45.1. The highest BCUT2D eigenvalue weighted by molar-refractivity contribution is 5.28. The Balaban J connectivity index is 2.46. The highest BCUT2D eigenvalue weighted by Crippen LogP contribution is 2.31. The summed E-state index contributed by atoms with van der Waals surface area (Å²) in [5.74, 6) is -1.27. The minimum atomic E-state index is -0.895. The van der Waals surface area contributed by atoms with Crippen LogP contribution in [0.25, 0.3) is 0 Å². The van der Waals surface area contributed by atoms with Crippen molar-refractivity contribution in [3.05, 3.63) is 23.0 Å². The maximum absolute atomic E-state index is 14.4. The first-order chi connectivity index (χ1) is 12.8. The second kappa shape index (κ2) is 12.5. The van der Waals surface area contributed by atoms with Crippen LogP contribution in [0.15, 0.2) is 23.0 Å². The van der Waals surface area contributed by atoms with E-state index in [1.54, 1.807) is 0 Å². The van der Waals surface area contributed by atoms with E-state index in [-0.39, 0.29) is 17.8 Å². The van der Waals surface area contributed by atoms with Crippen molar-refractivity contribution in [1.29, 1.82) is 0 Å². The van der Waals surface area contributed by atoms with Gasteiger partial charge in [0.05, 0.1) is 32.5 Å². The average molecular weight is 389 g/mol. The maximum atomic E-state index is 14.4. The molecule has 1 heterocycles. The first-order valence-electron chi connectivity index (χ1n) is 10.4. The van der Waals surface area contributed by atoms with Crippen LogP contribution >= 0.6 is 0 Å². The van der Waals surface area contributed by atoms with E-state index in [1.165, 1.54) is 14.0 Å². The predicted molar refractivity (Wildman–Crippen MR) is 106 cm³/mol. The number of ether oxygens (including phenoxy) is 3. The molecule has 0 aromatic carbocycles. The zero-order chi connectivity index (χ0) is 20.4. The van der Waals surface area contributed by atoms with Gasteiger partial charge in [-0.05, 0) is 63.9 Å². The number of methoxy groups -OCH3 is 1. The summed E-state index contributed by atoms with van der Waals surface area (Å²) in [4.78, 5) is 0. The Bertz CT molecular complexity index is 494. The molecule has 5 heteroatoms. The molecule has 0 saturated carbocycles. The van der Waals surface area contributed by atoms with Gasteiger partial charge in [0.2, 0.25) is 0 Å². The van der Waals surface area contributed by atoms with Crippen LogP contribution in [0.5, 0.6) is 0 Å². The zero-order valence-electron chi connectivity index (χ0n) is 17.9. The summed E-state index contributed by atoms with van der Waals surface area (Å²) in [6.45, 7) is 10.9. The predicted octanol–water partition coefficient (Wildman–Crippen LogP) is 6.49. The molecule has 0 N–H and O–H groups in total. The van der Waals surface area contributed by atoms with Crippen LogP contribution in [0.3, 0.4) is 0 Å². The van der Waals surface area contributed by atoms with Gasteiger partial charge in [-0.15, -0.1) is 0 Å². The fourth-order valence-corrected chi connectivity index (χ4v) is 3.46. The molecule has 0 bridgehead atoms. The van der Waals surface area contributed by atoms with Crippen LogP contribution < -0.4 is 0 Å². The fraction of sp³-hybridized carbons (Fsp3) is 0.818. The standard InChI is InChI=1S/C22H38F2O3/c1-7-19-12-11-18(14-27-19)13-26-16(4)10-9-15(3)20(8-2)22(24)21(23)17(5)25-6/h15-16,18-19H,7-14H2,1-6H3/b21-17-,22-20-. The third-order valence-electron chi connectivity index (χ3n) is 5.61. The highest BCUT2D eigenvalue weighted by Gasteiger charge is 2.22. The molecular formula is C22H38F2O3. The summed E-state index contributed by atoms with van der Waals surface area (Å²) in [7, 11) is 1.34. The van der Waals surface area contributed by atoms with E-state index >= 15 is 0 Å². The number of hydrogen-bond donors (Lipinski definition) is 0. The first kappa shape index (κ1) is 24.1. The zero-order valence-corrected chi connectivity index (χ0v) is 17.9. The second-order valence-corrected chi connectivity index (χ2v) is 7.70. The van der Waals surface area contributed by atoms with E-state index < -0.39 is 11.7 Å². The Kier molecular flexibility index (Phi) is 11.2. The van der Waals surface area contributed by atoms with Crippen LogP contribution in [0, 0.1) is 11.8 Å². The Morgan fingerprint density at radius 1 is 1.11 bits per heavy atom.